The highest BCUT2D eigenvalue weighted by Crippen LogP contribution is 2.53. The largest absolute Gasteiger partial charge is 0.0654 e. The van der Waals surface area contributed by atoms with Gasteiger partial charge in [0.15, 0.2) is 0 Å². The second-order valence-corrected chi connectivity index (χ2v) is 7.84. The Balaban J connectivity index is 1.89. The zero-order valence-electron chi connectivity index (χ0n) is 15.9. The Morgan fingerprint density at radius 3 is 2.25 bits per heavy atom. The standard InChI is InChI=1S/C24H32/c1-5-6-7-8-9-12-17-24(4)21-14-11-10-13-20(21)22-18(2)15-16-19(3)23(22)24/h10-11,13-16H,5-9,12,17H2,1-4H3. The lowest BCUT2D eigenvalue weighted by Gasteiger charge is -2.29. The van der Waals surface area contributed by atoms with Gasteiger partial charge in [-0.15, -0.1) is 0 Å². The number of hydrogen-bond donors (Lipinski definition) is 0. The molecule has 0 N–H and O–H groups in total. The van der Waals surface area contributed by atoms with Gasteiger partial charge in [0, 0.05) is 5.41 Å². The molecule has 0 bridgehead atoms. The van der Waals surface area contributed by atoms with Gasteiger partial charge in [-0.1, -0.05) is 88.8 Å². The summed E-state index contributed by atoms with van der Waals surface area (Å²) in [5.41, 5.74) is 9.20. The van der Waals surface area contributed by atoms with Gasteiger partial charge in [-0.3, -0.25) is 0 Å². The molecule has 2 aromatic carbocycles. The smallest absolute Gasteiger partial charge is 0.0189 e. The van der Waals surface area contributed by atoms with Crippen molar-refractivity contribution in [2.75, 3.05) is 0 Å². The van der Waals surface area contributed by atoms with Gasteiger partial charge in [0.2, 0.25) is 0 Å². The number of unbranched alkanes of at least 4 members (excludes halogenated alkanes) is 5. The molecule has 0 saturated carbocycles. The molecule has 0 spiro atoms. The Labute approximate surface area is 148 Å². The molecule has 0 radical (unpaired) electrons. The van der Waals surface area contributed by atoms with Crippen LogP contribution >= 0.6 is 0 Å². The molecule has 2 aromatic rings. The normalized spacial score (nSPS) is 18.5. The van der Waals surface area contributed by atoms with E-state index in [9.17, 15) is 0 Å². The average molecular weight is 321 g/mol. The van der Waals surface area contributed by atoms with Gasteiger partial charge in [-0.25, -0.2) is 0 Å². The monoisotopic (exact) mass is 320 g/mol. The minimum atomic E-state index is 0.187. The van der Waals surface area contributed by atoms with E-state index in [-0.39, 0.29) is 5.41 Å². The molecule has 0 fully saturated rings. The van der Waals surface area contributed by atoms with Crippen molar-refractivity contribution in [3.63, 3.8) is 0 Å². The van der Waals surface area contributed by atoms with Crippen LogP contribution in [0.1, 0.15) is 81.0 Å². The van der Waals surface area contributed by atoms with Crippen molar-refractivity contribution in [3.8, 4) is 11.1 Å². The van der Waals surface area contributed by atoms with Crippen LogP contribution in [-0.2, 0) is 5.41 Å². The highest BCUT2D eigenvalue weighted by Gasteiger charge is 2.40. The predicted molar refractivity (Wildman–Crippen MR) is 106 cm³/mol. The number of rotatable bonds is 7. The first-order valence-corrected chi connectivity index (χ1v) is 9.80. The van der Waals surface area contributed by atoms with Gasteiger partial charge in [-0.05, 0) is 53.6 Å². The van der Waals surface area contributed by atoms with Gasteiger partial charge in [-0.2, -0.15) is 0 Å². The fourth-order valence-corrected chi connectivity index (χ4v) is 4.70. The number of benzene rings is 2. The van der Waals surface area contributed by atoms with Gasteiger partial charge in [0.1, 0.15) is 0 Å². The van der Waals surface area contributed by atoms with Crippen LogP contribution in [-0.4, -0.2) is 0 Å². The van der Waals surface area contributed by atoms with Crippen LogP contribution in [0.15, 0.2) is 36.4 Å². The molecule has 0 nitrogen and oxygen atoms in total. The summed E-state index contributed by atoms with van der Waals surface area (Å²) in [6.45, 7) is 9.34. The summed E-state index contributed by atoms with van der Waals surface area (Å²) < 4.78 is 0. The van der Waals surface area contributed by atoms with E-state index in [1.807, 2.05) is 0 Å². The van der Waals surface area contributed by atoms with Crippen molar-refractivity contribution in [1.82, 2.24) is 0 Å². The Hall–Kier alpha value is -1.56. The zero-order chi connectivity index (χ0) is 17.2. The SMILES string of the molecule is CCCCCCCCC1(C)c2ccccc2-c2c(C)ccc(C)c21. The van der Waals surface area contributed by atoms with Gasteiger partial charge >= 0.3 is 0 Å². The summed E-state index contributed by atoms with van der Waals surface area (Å²) in [5, 5.41) is 0. The summed E-state index contributed by atoms with van der Waals surface area (Å²) in [6, 6.07) is 13.7. The highest BCUT2D eigenvalue weighted by atomic mass is 14.4. The Morgan fingerprint density at radius 1 is 0.792 bits per heavy atom. The number of aryl methyl sites for hydroxylation is 2. The van der Waals surface area contributed by atoms with Crippen LogP contribution in [0.25, 0.3) is 11.1 Å². The highest BCUT2D eigenvalue weighted by molar-refractivity contribution is 5.84. The van der Waals surface area contributed by atoms with Gasteiger partial charge in [0.05, 0.1) is 0 Å². The molecule has 128 valence electrons. The lowest BCUT2D eigenvalue weighted by molar-refractivity contribution is 0.479. The van der Waals surface area contributed by atoms with Crippen LogP contribution in [0.2, 0.25) is 0 Å². The molecule has 0 amide bonds. The van der Waals surface area contributed by atoms with Gasteiger partial charge in [0.25, 0.3) is 0 Å². The van der Waals surface area contributed by atoms with Crippen LogP contribution in [0, 0.1) is 13.8 Å². The van der Waals surface area contributed by atoms with E-state index in [1.165, 1.54) is 67.2 Å². The van der Waals surface area contributed by atoms with Crippen molar-refractivity contribution < 1.29 is 0 Å². The van der Waals surface area contributed by atoms with E-state index in [0.29, 0.717) is 0 Å². The molecule has 0 heteroatoms. The van der Waals surface area contributed by atoms with Gasteiger partial charge < -0.3 is 0 Å². The van der Waals surface area contributed by atoms with Crippen molar-refractivity contribution in [2.45, 2.75) is 78.1 Å². The molecule has 1 aliphatic carbocycles. The lowest BCUT2D eigenvalue weighted by atomic mass is 9.74. The fraction of sp³-hybridized carbons (Fsp3) is 0.500. The number of hydrogen-bond acceptors (Lipinski definition) is 0. The van der Waals surface area contributed by atoms with Crippen LogP contribution in [0.3, 0.4) is 0 Å². The molecule has 0 heterocycles. The summed E-state index contributed by atoms with van der Waals surface area (Å²) in [4.78, 5) is 0. The van der Waals surface area contributed by atoms with E-state index in [4.69, 9.17) is 0 Å². The van der Waals surface area contributed by atoms with E-state index < -0.39 is 0 Å². The van der Waals surface area contributed by atoms with Crippen molar-refractivity contribution >= 4 is 0 Å². The fourth-order valence-electron chi connectivity index (χ4n) is 4.70. The van der Waals surface area contributed by atoms with E-state index in [2.05, 4.69) is 64.1 Å². The Morgan fingerprint density at radius 2 is 1.46 bits per heavy atom. The molecule has 0 aliphatic heterocycles. The van der Waals surface area contributed by atoms with Crippen LogP contribution < -0.4 is 0 Å². The molecule has 1 atom stereocenters. The summed E-state index contributed by atoms with van der Waals surface area (Å²) in [6.07, 6.45) is 9.49. The maximum absolute atomic E-state index is 2.48. The van der Waals surface area contributed by atoms with Crippen LogP contribution in [0.5, 0.6) is 0 Å². The van der Waals surface area contributed by atoms with Crippen molar-refractivity contribution in [1.29, 1.82) is 0 Å². The minimum absolute atomic E-state index is 0.187. The second-order valence-electron chi connectivity index (χ2n) is 7.84. The third-order valence-corrected chi connectivity index (χ3v) is 5.99. The average Bonchev–Trinajstić information content (AvgIpc) is 2.86. The first kappa shape index (κ1) is 17.3. The predicted octanol–water partition coefficient (Wildman–Crippen LogP) is 7.34. The zero-order valence-corrected chi connectivity index (χ0v) is 15.9. The molecule has 1 unspecified atom stereocenters. The third kappa shape index (κ3) is 2.92. The molecule has 1 aliphatic rings. The van der Waals surface area contributed by atoms with Crippen molar-refractivity contribution in [2.24, 2.45) is 0 Å². The Kier molecular flexibility index (Phi) is 5.13. The maximum Gasteiger partial charge on any atom is 0.0189 e. The van der Waals surface area contributed by atoms with E-state index in [0.717, 1.165) is 0 Å². The quantitative estimate of drug-likeness (QED) is 0.468. The van der Waals surface area contributed by atoms with Crippen LogP contribution in [0.4, 0.5) is 0 Å². The topological polar surface area (TPSA) is 0 Å². The van der Waals surface area contributed by atoms with E-state index >= 15 is 0 Å². The number of fused-ring (bicyclic) bond motifs is 3. The third-order valence-electron chi connectivity index (χ3n) is 5.99. The minimum Gasteiger partial charge on any atom is -0.0654 e. The molecule has 0 saturated heterocycles. The first-order chi connectivity index (χ1) is 11.6. The molecule has 0 aromatic heterocycles. The molecular weight excluding hydrogens is 288 g/mol. The van der Waals surface area contributed by atoms with Crippen molar-refractivity contribution in [3.05, 3.63) is 58.7 Å². The summed E-state index contributed by atoms with van der Waals surface area (Å²) in [7, 11) is 0. The first-order valence-electron chi connectivity index (χ1n) is 9.80. The van der Waals surface area contributed by atoms with E-state index in [1.54, 1.807) is 11.1 Å². The Bertz CT molecular complexity index is 710. The second kappa shape index (κ2) is 7.13. The molecular formula is C24H32. The summed E-state index contributed by atoms with van der Waals surface area (Å²) >= 11 is 0. The maximum atomic E-state index is 2.48. The molecule has 3 rings (SSSR count). The molecule has 24 heavy (non-hydrogen) atoms. The summed E-state index contributed by atoms with van der Waals surface area (Å²) in [5.74, 6) is 0. The lowest BCUT2D eigenvalue weighted by Crippen LogP contribution is -2.21.